The number of piperazine rings is 1. The van der Waals surface area contributed by atoms with Gasteiger partial charge in [0.25, 0.3) is 0 Å². The first-order chi connectivity index (χ1) is 8.02. The fourth-order valence-electron chi connectivity index (χ4n) is 2.01. The Hall–Kier alpha value is -1.18. The minimum atomic E-state index is -0.802. The molecule has 0 radical (unpaired) electrons. The maximum atomic E-state index is 11.3. The predicted octanol–water partition coefficient (Wildman–Crippen LogP) is -1.85. The number of nitrogens with zero attached hydrogens (tertiary/aromatic N) is 2. The van der Waals surface area contributed by atoms with E-state index in [9.17, 15) is 9.59 Å². The quantitative estimate of drug-likeness (QED) is 0.537. The van der Waals surface area contributed by atoms with Crippen LogP contribution >= 0.6 is 0 Å². The number of hydrogen-bond acceptors (Lipinski definition) is 5. The van der Waals surface area contributed by atoms with E-state index in [0.29, 0.717) is 13.1 Å². The van der Waals surface area contributed by atoms with Crippen molar-refractivity contribution in [3.8, 4) is 0 Å². The molecule has 1 heterocycles. The summed E-state index contributed by atoms with van der Waals surface area (Å²) in [5, 5.41) is 2.06. The zero-order valence-electron chi connectivity index (χ0n) is 10.2. The first kappa shape index (κ1) is 13.9. The van der Waals surface area contributed by atoms with Crippen LogP contribution in [-0.2, 0) is 4.79 Å². The van der Waals surface area contributed by atoms with Crippen molar-refractivity contribution >= 4 is 11.9 Å². The van der Waals surface area contributed by atoms with Crippen molar-refractivity contribution < 1.29 is 9.59 Å². The van der Waals surface area contributed by atoms with E-state index in [2.05, 4.69) is 22.2 Å². The molecule has 0 aliphatic carbocycles. The van der Waals surface area contributed by atoms with Crippen molar-refractivity contribution in [1.82, 2.24) is 15.1 Å². The van der Waals surface area contributed by atoms with Crippen LogP contribution in [0.5, 0.6) is 0 Å². The standard InChI is InChI=1S/C10H21N5O2/c1-14-4-5-15(8(6-11)7-14)3-2-9(16)13-10(12)17/h8H,2-7,11H2,1H3,(H3,12,13,16,17). The van der Waals surface area contributed by atoms with Gasteiger partial charge in [0.1, 0.15) is 0 Å². The molecule has 98 valence electrons. The van der Waals surface area contributed by atoms with Crippen LogP contribution in [0.2, 0.25) is 0 Å². The number of carbonyl (C=O) groups excluding carboxylic acids is 2. The van der Waals surface area contributed by atoms with E-state index in [1.54, 1.807) is 0 Å². The normalized spacial score (nSPS) is 22.4. The van der Waals surface area contributed by atoms with Gasteiger partial charge in [-0.25, -0.2) is 4.79 Å². The van der Waals surface area contributed by atoms with Gasteiger partial charge in [0, 0.05) is 45.2 Å². The van der Waals surface area contributed by atoms with Gasteiger partial charge in [-0.2, -0.15) is 0 Å². The Bertz CT molecular complexity index is 284. The SMILES string of the molecule is CN1CCN(CCC(=O)NC(N)=O)C(CN)C1. The molecule has 17 heavy (non-hydrogen) atoms. The number of urea groups is 1. The zero-order valence-corrected chi connectivity index (χ0v) is 10.2. The number of nitrogens with one attached hydrogen (secondary N) is 1. The first-order valence-corrected chi connectivity index (χ1v) is 5.75. The van der Waals surface area contributed by atoms with Crippen molar-refractivity contribution in [3.05, 3.63) is 0 Å². The van der Waals surface area contributed by atoms with Gasteiger partial charge in [-0.1, -0.05) is 0 Å². The highest BCUT2D eigenvalue weighted by molar-refractivity contribution is 5.93. The summed E-state index contributed by atoms with van der Waals surface area (Å²) in [4.78, 5) is 26.2. The molecule has 1 atom stereocenters. The van der Waals surface area contributed by atoms with E-state index < -0.39 is 6.03 Å². The van der Waals surface area contributed by atoms with Crippen LogP contribution in [0, 0.1) is 0 Å². The smallest absolute Gasteiger partial charge is 0.318 e. The summed E-state index contributed by atoms with van der Waals surface area (Å²) < 4.78 is 0. The van der Waals surface area contributed by atoms with Crippen LogP contribution in [0.15, 0.2) is 0 Å². The molecule has 1 aliphatic heterocycles. The molecule has 1 unspecified atom stereocenters. The Kier molecular flexibility index (Phi) is 5.33. The van der Waals surface area contributed by atoms with E-state index in [1.165, 1.54) is 0 Å². The van der Waals surface area contributed by atoms with Crippen molar-refractivity contribution in [2.45, 2.75) is 12.5 Å². The number of nitrogens with two attached hydrogens (primary N) is 2. The van der Waals surface area contributed by atoms with Gasteiger partial charge in [-0.3, -0.25) is 15.0 Å². The van der Waals surface area contributed by atoms with Gasteiger partial charge in [0.2, 0.25) is 5.91 Å². The Morgan fingerprint density at radius 2 is 2.12 bits per heavy atom. The van der Waals surface area contributed by atoms with Crippen LogP contribution in [0.1, 0.15) is 6.42 Å². The van der Waals surface area contributed by atoms with E-state index in [-0.39, 0.29) is 18.4 Å². The lowest BCUT2D eigenvalue weighted by Crippen LogP contribution is -2.55. The van der Waals surface area contributed by atoms with E-state index in [1.807, 2.05) is 0 Å². The second-order valence-electron chi connectivity index (χ2n) is 4.35. The number of likely N-dealkylation sites (N-methyl/N-ethyl adjacent to an activating group) is 1. The van der Waals surface area contributed by atoms with E-state index >= 15 is 0 Å². The third-order valence-electron chi connectivity index (χ3n) is 2.97. The second kappa shape index (κ2) is 6.53. The summed E-state index contributed by atoms with van der Waals surface area (Å²) in [6.07, 6.45) is 0.267. The molecule has 5 N–H and O–H groups in total. The van der Waals surface area contributed by atoms with Crippen LogP contribution in [0.4, 0.5) is 4.79 Å². The van der Waals surface area contributed by atoms with Gasteiger partial charge in [-0.05, 0) is 7.05 Å². The molecule has 7 nitrogen and oxygen atoms in total. The van der Waals surface area contributed by atoms with Gasteiger partial charge in [0.05, 0.1) is 0 Å². The topological polar surface area (TPSA) is 105 Å². The summed E-state index contributed by atoms with van der Waals surface area (Å²) in [5.41, 5.74) is 10.6. The summed E-state index contributed by atoms with van der Waals surface area (Å²) in [5.74, 6) is -0.341. The summed E-state index contributed by atoms with van der Waals surface area (Å²) in [6, 6.07) is -0.529. The summed E-state index contributed by atoms with van der Waals surface area (Å²) in [6.45, 7) is 3.95. The van der Waals surface area contributed by atoms with Crippen molar-refractivity contribution in [2.24, 2.45) is 11.5 Å². The molecular weight excluding hydrogens is 222 g/mol. The average molecular weight is 243 g/mol. The maximum absolute atomic E-state index is 11.3. The monoisotopic (exact) mass is 243 g/mol. The average Bonchev–Trinajstić information content (AvgIpc) is 2.26. The molecular formula is C10H21N5O2. The number of rotatable bonds is 4. The largest absolute Gasteiger partial charge is 0.351 e. The number of hydrogen-bond donors (Lipinski definition) is 3. The number of amides is 3. The summed E-state index contributed by atoms with van der Waals surface area (Å²) >= 11 is 0. The predicted molar refractivity (Wildman–Crippen MR) is 64.3 cm³/mol. The highest BCUT2D eigenvalue weighted by atomic mass is 16.2. The summed E-state index contributed by atoms with van der Waals surface area (Å²) in [7, 11) is 2.06. The number of carbonyl (C=O) groups is 2. The lowest BCUT2D eigenvalue weighted by atomic mass is 10.1. The van der Waals surface area contributed by atoms with Crippen molar-refractivity contribution in [1.29, 1.82) is 0 Å². The number of imide groups is 1. The van der Waals surface area contributed by atoms with Crippen molar-refractivity contribution in [3.63, 3.8) is 0 Å². The van der Waals surface area contributed by atoms with Crippen LogP contribution in [0.25, 0.3) is 0 Å². The van der Waals surface area contributed by atoms with Crippen molar-refractivity contribution in [2.75, 3.05) is 39.8 Å². The Morgan fingerprint density at radius 3 is 2.71 bits per heavy atom. The maximum Gasteiger partial charge on any atom is 0.318 e. The lowest BCUT2D eigenvalue weighted by Gasteiger charge is -2.39. The third kappa shape index (κ3) is 4.68. The third-order valence-corrected chi connectivity index (χ3v) is 2.97. The Labute approximate surface area is 101 Å². The molecule has 1 aliphatic rings. The molecule has 1 fully saturated rings. The lowest BCUT2D eigenvalue weighted by molar-refractivity contribution is -0.120. The molecule has 0 bridgehead atoms. The molecule has 1 rings (SSSR count). The van der Waals surface area contributed by atoms with Crippen LogP contribution in [-0.4, -0.2) is 67.6 Å². The molecule has 1 saturated heterocycles. The molecule has 0 aromatic heterocycles. The fraction of sp³-hybridized carbons (Fsp3) is 0.800. The second-order valence-corrected chi connectivity index (χ2v) is 4.35. The van der Waals surface area contributed by atoms with Gasteiger partial charge in [0.15, 0.2) is 0 Å². The van der Waals surface area contributed by atoms with Crippen LogP contribution < -0.4 is 16.8 Å². The zero-order chi connectivity index (χ0) is 12.8. The highest BCUT2D eigenvalue weighted by Crippen LogP contribution is 2.07. The molecule has 0 spiro atoms. The van der Waals surface area contributed by atoms with Gasteiger partial charge >= 0.3 is 6.03 Å². The molecule has 3 amide bonds. The highest BCUT2D eigenvalue weighted by Gasteiger charge is 2.24. The fourth-order valence-corrected chi connectivity index (χ4v) is 2.01. The molecule has 0 aromatic rings. The van der Waals surface area contributed by atoms with Crippen LogP contribution in [0.3, 0.4) is 0 Å². The number of primary amides is 1. The molecule has 0 saturated carbocycles. The minimum Gasteiger partial charge on any atom is -0.351 e. The van der Waals surface area contributed by atoms with Gasteiger partial charge in [-0.15, -0.1) is 0 Å². The first-order valence-electron chi connectivity index (χ1n) is 5.75. The molecule has 0 aromatic carbocycles. The Morgan fingerprint density at radius 1 is 1.41 bits per heavy atom. The minimum absolute atomic E-state index is 0.267. The van der Waals surface area contributed by atoms with Gasteiger partial charge < -0.3 is 16.4 Å². The van der Waals surface area contributed by atoms with E-state index in [4.69, 9.17) is 11.5 Å². The van der Waals surface area contributed by atoms with E-state index in [0.717, 1.165) is 19.6 Å². The Balaban J connectivity index is 2.34. The molecule has 7 heteroatoms.